The first-order valence-electron chi connectivity index (χ1n) is 6.95. The third-order valence-corrected chi connectivity index (χ3v) is 5.26. The summed E-state index contributed by atoms with van der Waals surface area (Å²) in [5, 5.41) is 0.766. The number of likely N-dealkylation sites (N-methyl/N-ethyl adjacent to an activating group) is 1. The maximum Gasteiger partial charge on any atom is 0.225 e. The van der Waals surface area contributed by atoms with E-state index in [9.17, 15) is 12.8 Å². The standard InChI is InChI=1S/C14H17FN4O2S/c1-18(12-5-6-19(9-12)22(2,20)21)14-16-8-10-3-4-11(15)7-13(10)17-14/h3-4,7-8,12H,5-6,9H2,1-2H3. The summed E-state index contributed by atoms with van der Waals surface area (Å²) in [5.74, 6) is 0.127. The van der Waals surface area contributed by atoms with Gasteiger partial charge in [-0.2, -0.15) is 0 Å². The average molecular weight is 324 g/mol. The molecule has 118 valence electrons. The van der Waals surface area contributed by atoms with Gasteiger partial charge in [0.2, 0.25) is 16.0 Å². The number of rotatable bonds is 3. The summed E-state index contributed by atoms with van der Waals surface area (Å²) in [6.45, 7) is 0.913. The van der Waals surface area contributed by atoms with Crippen molar-refractivity contribution >= 4 is 26.9 Å². The molecular weight excluding hydrogens is 307 g/mol. The van der Waals surface area contributed by atoms with E-state index < -0.39 is 10.0 Å². The molecule has 1 unspecified atom stereocenters. The van der Waals surface area contributed by atoms with E-state index in [1.54, 1.807) is 12.3 Å². The van der Waals surface area contributed by atoms with Crippen LogP contribution in [-0.4, -0.2) is 55.1 Å². The van der Waals surface area contributed by atoms with Crippen molar-refractivity contribution < 1.29 is 12.8 Å². The summed E-state index contributed by atoms with van der Waals surface area (Å²) < 4.78 is 37.9. The van der Waals surface area contributed by atoms with Gasteiger partial charge in [0, 0.05) is 43.8 Å². The predicted octanol–water partition coefficient (Wildman–Crippen LogP) is 1.24. The smallest absolute Gasteiger partial charge is 0.225 e. The van der Waals surface area contributed by atoms with Crippen LogP contribution in [0.1, 0.15) is 6.42 Å². The Morgan fingerprint density at radius 3 is 2.86 bits per heavy atom. The molecule has 2 aromatic rings. The molecule has 6 nitrogen and oxygen atoms in total. The Balaban J connectivity index is 1.85. The molecule has 0 spiro atoms. The second-order valence-electron chi connectivity index (χ2n) is 5.55. The lowest BCUT2D eigenvalue weighted by molar-refractivity contribution is 0.475. The quantitative estimate of drug-likeness (QED) is 0.850. The Bertz CT molecular complexity index is 812. The molecule has 22 heavy (non-hydrogen) atoms. The van der Waals surface area contributed by atoms with Gasteiger partial charge in [-0.25, -0.2) is 27.1 Å². The number of anilines is 1. The van der Waals surface area contributed by atoms with Gasteiger partial charge in [0.25, 0.3) is 0 Å². The normalized spacial score (nSPS) is 19.7. The number of hydrogen-bond acceptors (Lipinski definition) is 5. The molecule has 0 aliphatic carbocycles. The molecule has 0 radical (unpaired) electrons. The largest absolute Gasteiger partial charge is 0.340 e. The van der Waals surface area contributed by atoms with Crippen molar-refractivity contribution in [2.24, 2.45) is 0 Å². The van der Waals surface area contributed by atoms with Gasteiger partial charge in [-0.05, 0) is 18.6 Å². The molecule has 3 rings (SSSR count). The Hall–Kier alpha value is -1.80. The first kappa shape index (κ1) is 15.1. The Kier molecular flexibility index (Phi) is 3.73. The third kappa shape index (κ3) is 2.89. The van der Waals surface area contributed by atoms with E-state index in [1.807, 2.05) is 11.9 Å². The zero-order valence-electron chi connectivity index (χ0n) is 12.4. The number of hydrogen-bond donors (Lipinski definition) is 0. The summed E-state index contributed by atoms with van der Waals surface area (Å²) in [7, 11) is -1.34. The van der Waals surface area contributed by atoms with Crippen LogP contribution in [0.2, 0.25) is 0 Å². The van der Waals surface area contributed by atoms with Crippen LogP contribution in [0, 0.1) is 5.82 Å². The topological polar surface area (TPSA) is 66.4 Å². The van der Waals surface area contributed by atoms with Crippen LogP contribution in [0.4, 0.5) is 10.3 Å². The van der Waals surface area contributed by atoms with E-state index >= 15 is 0 Å². The van der Waals surface area contributed by atoms with Crippen LogP contribution < -0.4 is 4.90 Å². The van der Waals surface area contributed by atoms with E-state index in [1.165, 1.54) is 22.7 Å². The molecular formula is C14H17FN4O2S. The Morgan fingerprint density at radius 1 is 1.41 bits per heavy atom. The lowest BCUT2D eigenvalue weighted by Gasteiger charge is -2.24. The zero-order chi connectivity index (χ0) is 15.9. The van der Waals surface area contributed by atoms with Gasteiger partial charge in [-0.3, -0.25) is 0 Å². The second-order valence-corrected chi connectivity index (χ2v) is 7.53. The fourth-order valence-electron chi connectivity index (χ4n) is 2.65. The van der Waals surface area contributed by atoms with Crippen LogP contribution in [0.3, 0.4) is 0 Å². The summed E-state index contributed by atoms with van der Waals surface area (Å²) in [6, 6.07) is 4.39. The minimum absolute atomic E-state index is 0.0146. The molecule has 1 aromatic carbocycles. The molecule has 1 fully saturated rings. The molecule has 1 aromatic heterocycles. The maximum atomic E-state index is 13.3. The first-order chi connectivity index (χ1) is 10.3. The second kappa shape index (κ2) is 5.44. The van der Waals surface area contributed by atoms with Crippen molar-refractivity contribution in [3.63, 3.8) is 0 Å². The molecule has 1 aliphatic rings. The molecule has 1 saturated heterocycles. The van der Waals surface area contributed by atoms with Crippen molar-refractivity contribution in [3.8, 4) is 0 Å². The Morgan fingerprint density at radius 2 is 2.18 bits per heavy atom. The van der Waals surface area contributed by atoms with Gasteiger partial charge in [-0.15, -0.1) is 0 Å². The molecule has 0 amide bonds. The van der Waals surface area contributed by atoms with Crippen molar-refractivity contribution in [2.45, 2.75) is 12.5 Å². The van der Waals surface area contributed by atoms with Gasteiger partial charge in [0.05, 0.1) is 11.8 Å². The summed E-state index contributed by atoms with van der Waals surface area (Å²) in [6.07, 6.45) is 3.58. The highest BCUT2D eigenvalue weighted by Gasteiger charge is 2.31. The zero-order valence-corrected chi connectivity index (χ0v) is 13.2. The van der Waals surface area contributed by atoms with E-state index in [-0.39, 0.29) is 11.9 Å². The van der Waals surface area contributed by atoms with Crippen LogP contribution in [0.15, 0.2) is 24.4 Å². The van der Waals surface area contributed by atoms with Crippen molar-refractivity contribution in [1.82, 2.24) is 14.3 Å². The van der Waals surface area contributed by atoms with Gasteiger partial charge in [0.15, 0.2) is 0 Å². The molecule has 8 heteroatoms. The highest BCUT2D eigenvalue weighted by molar-refractivity contribution is 7.88. The minimum atomic E-state index is -3.18. The number of halogens is 1. The number of aromatic nitrogens is 2. The molecule has 2 heterocycles. The number of benzene rings is 1. The van der Waals surface area contributed by atoms with Crippen molar-refractivity contribution in [2.75, 3.05) is 31.3 Å². The van der Waals surface area contributed by atoms with Crippen molar-refractivity contribution in [1.29, 1.82) is 0 Å². The van der Waals surface area contributed by atoms with Gasteiger partial charge in [0.1, 0.15) is 5.82 Å². The molecule has 0 saturated carbocycles. The molecule has 1 aliphatic heterocycles. The van der Waals surface area contributed by atoms with Crippen molar-refractivity contribution in [3.05, 3.63) is 30.2 Å². The highest BCUT2D eigenvalue weighted by atomic mass is 32.2. The number of fused-ring (bicyclic) bond motifs is 1. The summed E-state index contributed by atoms with van der Waals surface area (Å²) >= 11 is 0. The molecule has 0 N–H and O–H groups in total. The van der Waals surface area contributed by atoms with Crippen LogP contribution in [-0.2, 0) is 10.0 Å². The van der Waals surface area contributed by atoms with E-state index in [0.29, 0.717) is 31.0 Å². The summed E-state index contributed by atoms with van der Waals surface area (Å²) in [5.41, 5.74) is 0.537. The average Bonchev–Trinajstić information content (AvgIpc) is 2.95. The lowest BCUT2D eigenvalue weighted by Crippen LogP contribution is -2.37. The van der Waals surface area contributed by atoms with Crippen LogP contribution >= 0.6 is 0 Å². The summed E-state index contributed by atoms with van der Waals surface area (Å²) in [4.78, 5) is 10.5. The SMILES string of the molecule is CN(c1ncc2ccc(F)cc2n1)C1CCN(S(C)(=O)=O)C1. The number of nitrogens with zero attached hydrogens (tertiary/aromatic N) is 4. The fourth-order valence-corrected chi connectivity index (χ4v) is 3.53. The van der Waals surface area contributed by atoms with Crippen LogP contribution in [0.25, 0.3) is 10.9 Å². The van der Waals surface area contributed by atoms with Crippen LogP contribution in [0.5, 0.6) is 0 Å². The highest BCUT2D eigenvalue weighted by Crippen LogP contribution is 2.22. The molecule has 1 atom stereocenters. The third-order valence-electron chi connectivity index (χ3n) is 3.99. The van der Waals surface area contributed by atoms with Gasteiger partial charge in [-0.1, -0.05) is 0 Å². The van der Waals surface area contributed by atoms with Gasteiger partial charge < -0.3 is 4.90 Å². The monoisotopic (exact) mass is 324 g/mol. The fraction of sp³-hybridized carbons (Fsp3) is 0.429. The maximum absolute atomic E-state index is 13.3. The molecule has 0 bridgehead atoms. The minimum Gasteiger partial charge on any atom is -0.340 e. The lowest BCUT2D eigenvalue weighted by atomic mass is 10.2. The predicted molar refractivity (Wildman–Crippen MR) is 82.7 cm³/mol. The van der Waals surface area contributed by atoms with E-state index in [2.05, 4.69) is 9.97 Å². The number of sulfonamides is 1. The van der Waals surface area contributed by atoms with E-state index in [0.717, 1.165) is 5.39 Å². The first-order valence-corrected chi connectivity index (χ1v) is 8.80. The Labute approximate surface area is 128 Å². The van der Waals surface area contributed by atoms with Gasteiger partial charge >= 0.3 is 0 Å². The van der Waals surface area contributed by atoms with E-state index in [4.69, 9.17) is 0 Å².